The summed E-state index contributed by atoms with van der Waals surface area (Å²) in [6.45, 7) is 12.7. The molecule has 7 atom stereocenters. The lowest BCUT2D eigenvalue weighted by Crippen LogP contribution is -2.42. The molecule has 3 rings (SSSR count). The zero-order chi connectivity index (χ0) is 18.7. The molecule has 0 spiro atoms. The van der Waals surface area contributed by atoms with E-state index in [0.29, 0.717) is 10.8 Å². The first-order valence-corrected chi connectivity index (χ1v) is 11.4. The van der Waals surface area contributed by atoms with Crippen LogP contribution in [0.25, 0.3) is 0 Å². The molecular formula is C24H46O. The number of fused-ring (bicyclic) bond motifs is 3. The molecule has 148 valence electrons. The first kappa shape index (κ1) is 21.3. The Morgan fingerprint density at radius 2 is 1.60 bits per heavy atom. The fourth-order valence-corrected chi connectivity index (χ4v) is 7.50. The van der Waals surface area contributed by atoms with Crippen molar-refractivity contribution in [1.29, 1.82) is 0 Å². The van der Waals surface area contributed by atoms with Crippen LogP contribution in [-0.2, 0) is 0 Å². The van der Waals surface area contributed by atoms with E-state index in [9.17, 15) is 0 Å². The second kappa shape index (κ2) is 8.77. The minimum Gasteiger partial charge on any atom is -0.400 e. The van der Waals surface area contributed by atoms with Gasteiger partial charge in [-0.3, -0.25) is 0 Å². The molecule has 0 saturated heterocycles. The minimum atomic E-state index is 0.656. The number of aliphatic hydroxyl groups excluding tert-OH is 1. The standard InChI is InChI=1S/C23H42.CH4O/c1-6-8-10-18-11-12-20-19-16-17(3)22(4,14-9-7-2)21(19)13-15-23(18,20)5;1-2/h17-21H,6-16H2,1-5H3;2H,1H3. The Kier molecular flexibility index (Phi) is 7.45. The van der Waals surface area contributed by atoms with Crippen LogP contribution < -0.4 is 0 Å². The zero-order valence-electron chi connectivity index (χ0n) is 18.1. The average Bonchev–Trinajstić information content (AvgIpc) is 3.08. The fraction of sp³-hybridized carbons (Fsp3) is 1.00. The van der Waals surface area contributed by atoms with Crippen molar-refractivity contribution in [3.63, 3.8) is 0 Å². The molecular weight excluding hydrogens is 304 g/mol. The highest BCUT2D eigenvalue weighted by Crippen LogP contribution is 2.68. The fourth-order valence-electron chi connectivity index (χ4n) is 7.50. The summed E-state index contributed by atoms with van der Waals surface area (Å²) in [4.78, 5) is 0. The van der Waals surface area contributed by atoms with E-state index in [4.69, 9.17) is 5.11 Å². The predicted molar refractivity (Wildman–Crippen MR) is 110 cm³/mol. The van der Waals surface area contributed by atoms with Gasteiger partial charge in [0.2, 0.25) is 0 Å². The molecule has 0 bridgehead atoms. The zero-order valence-corrected chi connectivity index (χ0v) is 18.1. The maximum absolute atomic E-state index is 7.00. The van der Waals surface area contributed by atoms with Gasteiger partial charge < -0.3 is 5.11 Å². The molecule has 0 aromatic heterocycles. The van der Waals surface area contributed by atoms with Crippen LogP contribution in [0.15, 0.2) is 0 Å². The highest BCUT2D eigenvalue weighted by Gasteiger charge is 2.60. The van der Waals surface area contributed by atoms with E-state index in [2.05, 4.69) is 34.6 Å². The summed E-state index contributed by atoms with van der Waals surface area (Å²) < 4.78 is 0. The van der Waals surface area contributed by atoms with Crippen LogP contribution in [0.5, 0.6) is 0 Å². The van der Waals surface area contributed by atoms with E-state index in [1.165, 1.54) is 38.5 Å². The van der Waals surface area contributed by atoms with Crippen molar-refractivity contribution in [3.8, 4) is 0 Å². The van der Waals surface area contributed by atoms with Crippen molar-refractivity contribution in [2.45, 2.75) is 105 Å². The summed E-state index contributed by atoms with van der Waals surface area (Å²) in [5.74, 6) is 5.19. The van der Waals surface area contributed by atoms with Gasteiger partial charge in [0.25, 0.3) is 0 Å². The second-order valence-electron chi connectivity index (χ2n) is 10.1. The number of hydrogen-bond acceptors (Lipinski definition) is 1. The maximum Gasteiger partial charge on any atom is 0.0319 e. The van der Waals surface area contributed by atoms with Crippen molar-refractivity contribution >= 4 is 0 Å². The molecule has 0 radical (unpaired) electrons. The van der Waals surface area contributed by atoms with E-state index < -0.39 is 0 Å². The Hall–Kier alpha value is -0.0400. The molecule has 0 aliphatic heterocycles. The third kappa shape index (κ3) is 3.69. The van der Waals surface area contributed by atoms with Crippen molar-refractivity contribution in [2.24, 2.45) is 40.4 Å². The molecule has 0 aromatic rings. The summed E-state index contributed by atoms with van der Waals surface area (Å²) in [5, 5.41) is 7.00. The highest BCUT2D eigenvalue weighted by atomic mass is 16.2. The van der Waals surface area contributed by atoms with Crippen LogP contribution in [-0.4, -0.2) is 12.2 Å². The first-order chi connectivity index (χ1) is 12.0. The minimum absolute atomic E-state index is 0.656. The summed E-state index contributed by atoms with van der Waals surface area (Å²) in [6, 6.07) is 0. The smallest absolute Gasteiger partial charge is 0.0319 e. The van der Waals surface area contributed by atoms with E-state index in [0.717, 1.165) is 36.7 Å². The van der Waals surface area contributed by atoms with Gasteiger partial charge in [0, 0.05) is 7.11 Å². The van der Waals surface area contributed by atoms with Crippen molar-refractivity contribution in [2.75, 3.05) is 7.11 Å². The van der Waals surface area contributed by atoms with Crippen LogP contribution in [0.4, 0.5) is 0 Å². The molecule has 0 aromatic carbocycles. The third-order valence-electron chi connectivity index (χ3n) is 9.21. The van der Waals surface area contributed by atoms with Crippen LogP contribution in [0.2, 0.25) is 0 Å². The van der Waals surface area contributed by atoms with E-state index in [1.807, 2.05) is 0 Å². The van der Waals surface area contributed by atoms with Gasteiger partial charge in [0.15, 0.2) is 0 Å². The molecule has 1 nitrogen and oxygen atoms in total. The summed E-state index contributed by atoms with van der Waals surface area (Å²) >= 11 is 0. The third-order valence-corrected chi connectivity index (χ3v) is 9.21. The summed E-state index contributed by atoms with van der Waals surface area (Å²) in [5.41, 5.74) is 1.36. The summed E-state index contributed by atoms with van der Waals surface area (Å²) in [6.07, 6.45) is 16.4. The molecule has 7 unspecified atom stereocenters. The average molecular weight is 351 g/mol. The van der Waals surface area contributed by atoms with Crippen molar-refractivity contribution < 1.29 is 5.11 Å². The van der Waals surface area contributed by atoms with Gasteiger partial charge in [0.05, 0.1) is 0 Å². The Labute approximate surface area is 158 Å². The Bertz CT molecular complexity index is 405. The quantitative estimate of drug-likeness (QED) is 0.542. The van der Waals surface area contributed by atoms with E-state index in [1.54, 1.807) is 32.1 Å². The van der Waals surface area contributed by atoms with E-state index in [-0.39, 0.29) is 0 Å². The van der Waals surface area contributed by atoms with Crippen LogP contribution >= 0.6 is 0 Å². The molecule has 25 heavy (non-hydrogen) atoms. The molecule has 3 saturated carbocycles. The van der Waals surface area contributed by atoms with Gasteiger partial charge in [-0.25, -0.2) is 0 Å². The molecule has 0 heterocycles. The number of rotatable bonds is 6. The normalized spacial score (nSPS) is 45.5. The van der Waals surface area contributed by atoms with Gasteiger partial charge in [-0.1, -0.05) is 60.3 Å². The largest absolute Gasteiger partial charge is 0.400 e. The van der Waals surface area contributed by atoms with E-state index >= 15 is 0 Å². The van der Waals surface area contributed by atoms with Gasteiger partial charge in [-0.15, -0.1) is 0 Å². The van der Waals surface area contributed by atoms with Gasteiger partial charge in [-0.05, 0) is 85.4 Å². The van der Waals surface area contributed by atoms with Crippen molar-refractivity contribution in [1.82, 2.24) is 0 Å². The van der Waals surface area contributed by atoms with Gasteiger partial charge >= 0.3 is 0 Å². The number of unbranched alkanes of at least 4 members (excludes halogenated alkanes) is 2. The predicted octanol–water partition coefficient (Wildman–Crippen LogP) is 7.08. The maximum atomic E-state index is 7.00. The van der Waals surface area contributed by atoms with Crippen molar-refractivity contribution in [3.05, 3.63) is 0 Å². The highest BCUT2D eigenvalue weighted by molar-refractivity contribution is 5.09. The molecule has 0 amide bonds. The molecule has 3 aliphatic rings. The van der Waals surface area contributed by atoms with Crippen LogP contribution in [0, 0.1) is 40.4 Å². The van der Waals surface area contributed by atoms with Gasteiger partial charge in [0.1, 0.15) is 0 Å². The summed E-state index contributed by atoms with van der Waals surface area (Å²) in [7, 11) is 1.00. The topological polar surface area (TPSA) is 20.2 Å². The molecule has 1 N–H and O–H groups in total. The Balaban J connectivity index is 0.00000109. The second-order valence-corrected chi connectivity index (χ2v) is 10.1. The lowest BCUT2D eigenvalue weighted by atomic mass is 9.55. The molecule has 3 fully saturated rings. The Morgan fingerprint density at radius 3 is 2.24 bits per heavy atom. The van der Waals surface area contributed by atoms with Gasteiger partial charge in [-0.2, -0.15) is 0 Å². The number of aliphatic hydroxyl groups is 1. The SMILES string of the molecule is CCCCC1CCC2C3CC(C)C(C)(CCCC)C3CCC12C.CO. The van der Waals surface area contributed by atoms with Crippen LogP contribution in [0.3, 0.4) is 0 Å². The Morgan fingerprint density at radius 1 is 0.920 bits per heavy atom. The first-order valence-electron chi connectivity index (χ1n) is 11.4. The number of hydrogen-bond donors (Lipinski definition) is 1. The van der Waals surface area contributed by atoms with Crippen LogP contribution in [0.1, 0.15) is 105 Å². The monoisotopic (exact) mass is 350 g/mol. The molecule has 3 aliphatic carbocycles. The lowest BCUT2D eigenvalue weighted by Gasteiger charge is -2.50. The molecule has 1 heteroatoms. The lowest BCUT2D eigenvalue weighted by molar-refractivity contribution is -0.0102.